The van der Waals surface area contributed by atoms with E-state index in [1.165, 1.54) is 18.2 Å². The number of nitrogens with one attached hydrogen (secondary N) is 1. The van der Waals surface area contributed by atoms with Crippen molar-refractivity contribution >= 4 is 5.91 Å². The molecule has 0 unspecified atom stereocenters. The zero-order valence-electron chi connectivity index (χ0n) is 9.06. The van der Waals surface area contributed by atoms with E-state index in [-0.39, 0.29) is 5.56 Å². The van der Waals surface area contributed by atoms with E-state index in [1.54, 1.807) is 0 Å². The van der Waals surface area contributed by atoms with Gasteiger partial charge in [-0.3, -0.25) is 4.79 Å². The third-order valence-corrected chi connectivity index (χ3v) is 2.37. The average Bonchev–Trinajstić information content (AvgIpc) is 2.36. The molecular weight excluding hydrogens is 229 g/mol. The fourth-order valence-electron chi connectivity index (χ4n) is 1.21. The van der Waals surface area contributed by atoms with E-state index in [9.17, 15) is 9.18 Å². The fourth-order valence-corrected chi connectivity index (χ4v) is 1.21. The summed E-state index contributed by atoms with van der Waals surface area (Å²) < 4.78 is 12.9. The predicted octanol–water partition coefficient (Wildman–Crippen LogP) is -0.729. The molecule has 5 nitrogen and oxygen atoms in total. The standard InChI is InChI=1S/C11H14FNO4/c12-9-3-1-2-8(4-9)10(17)13-11(5-14,6-15)7-16/h1-4,14-16H,5-7H2,(H,13,17). The molecule has 0 atom stereocenters. The van der Waals surface area contributed by atoms with Gasteiger partial charge in [0.15, 0.2) is 0 Å². The van der Waals surface area contributed by atoms with Crippen LogP contribution in [0.4, 0.5) is 4.39 Å². The molecule has 0 heterocycles. The van der Waals surface area contributed by atoms with Crippen LogP contribution in [-0.4, -0.2) is 46.6 Å². The van der Waals surface area contributed by atoms with Crippen molar-refractivity contribution in [3.05, 3.63) is 35.6 Å². The Balaban J connectivity index is 2.84. The normalized spacial score (nSPS) is 11.3. The first-order valence-electron chi connectivity index (χ1n) is 4.97. The summed E-state index contributed by atoms with van der Waals surface area (Å²) in [4.78, 5) is 11.7. The van der Waals surface area contributed by atoms with E-state index in [0.717, 1.165) is 6.07 Å². The number of carbonyl (C=O) groups excluding carboxylic acids is 1. The molecule has 1 aromatic carbocycles. The Labute approximate surface area is 97.5 Å². The number of aliphatic hydroxyl groups is 3. The third kappa shape index (κ3) is 3.23. The van der Waals surface area contributed by atoms with Crippen LogP contribution in [-0.2, 0) is 0 Å². The first-order chi connectivity index (χ1) is 8.06. The number of amides is 1. The van der Waals surface area contributed by atoms with Gasteiger partial charge in [0.25, 0.3) is 5.91 Å². The van der Waals surface area contributed by atoms with Gasteiger partial charge in [0.05, 0.1) is 19.8 Å². The molecule has 0 aliphatic rings. The van der Waals surface area contributed by atoms with E-state index in [2.05, 4.69) is 5.32 Å². The van der Waals surface area contributed by atoms with Crippen molar-refractivity contribution in [3.63, 3.8) is 0 Å². The van der Waals surface area contributed by atoms with Crippen molar-refractivity contribution in [3.8, 4) is 0 Å². The maximum atomic E-state index is 12.9. The van der Waals surface area contributed by atoms with Gasteiger partial charge in [0.2, 0.25) is 0 Å². The molecule has 1 rings (SSSR count). The van der Waals surface area contributed by atoms with Crippen LogP contribution in [0.5, 0.6) is 0 Å². The highest BCUT2D eigenvalue weighted by Gasteiger charge is 2.30. The highest BCUT2D eigenvalue weighted by Crippen LogP contribution is 2.07. The molecule has 4 N–H and O–H groups in total. The lowest BCUT2D eigenvalue weighted by atomic mass is 10.0. The van der Waals surface area contributed by atoms with Crippen LogP contribution in [0.25, 0.3) is 0 Å². The molecule has 17 heavy (non-hydrogen) atoms. The molecular formula is C11H14FNO4. The van der Waals surface area contributed by atoms with E-state index >= 15 is 0 Å². The molecule has 0 aliphatic heterocycles. The Hall–Kier alpha value is -1.50. The minimum absolute atomic E-state index is 0.0460. The van der Waals surface area contributed by atoms with Crippen LogP contribution in [0.1, 0.15) is 10.4 Å². The van der Waals surface area contributed by atoms with Crippen LogP contribution < -0.4 is 5.32 Å². The SMILES string of the molecule is O=C(NC(CO)(CO)CO)c1cccc(F)c1. The molecule has 94 valence electrons. The second-order valence-electron chi connectivity index (χ2n) is 3.72. The van der Waals surface area contributed by atoms with E-state index < -0.39 is 37.1 Å². The Morgan fingerprint density at radius 3 is 2.29 bits per heavy atom. The van der Waals surface area contributed by atoms with Crippen molar-refractivity contribution < 1.29 is 24.5 Å². The highest BCUT2D eigenvalue weighted by molar-refractivity contribution is 5.94. The zero-order valence-corrected chi connectivity index (χ0v) is 9.06. The summed E-state index contributed by atoms with van der Waals surface area (Å²) in [6.45, 7) is -1.87. The predicted molar refractivity (Wildman–Crippen MR) is 57.9 cm³/mol. The largest absolute Gasteiger partial charge is 0.394 e. The number of rotatable bonds is 5. The lowest BCUT2D eigenvalue weighted by Crippen LogP contribution is -2.57. The molecule has 0 radical (unpaired) electrons. The van der Waals surface area contributed by atoms with Gasteiger partial charge in [0.1, 0.15) is 11.4 Å². The molecule has 0 bridgehead atoms. The third-order valence-electron chi connectivity index (χ3n) is 2.37. The summed E-state index contributed by atoms with van der Waals surface area (Å²) in [7, 11) is 0. The van der Waals surface area contributed by atoms with Crippen molar-refractivity contribution in [2.75, 3.05) is 19.8 Å². The van der Waals surface area contributed by atoms with Crippen LogP contribution in [0.15, 0.2) is 24.3 Å². The summed E-state index contributed by atoms with van der Waals surface area (Å²) in [6, 6.07) is 4.96. The van der Waals surface area contributed by atoms with E-state index in [4.69, 9.17) is 15.3 Å². The van der Waals surface area contributed by atoms with Crippen molar-refractivity contribution in [2.24, 2.45) is 0 Å². The molecule has 0 aromatic heterocycles. The Morgan fingerprint density at radius 2 is 1.82 bits per heavy atom. The van der Waals surface area contributed by atoms with Gasteiger partial charge in [-0.25, -0.2) is 4.39 Å². The zero-order chi connectivity index (χ0) is 12.9. The van der Waals surface area contributed by atoms with Crippen LogP contribution >= 0.6 is 0 Å². The smallest absolute Gasteiger partial charge is 0.252 e. The maximum Gasteiger partial charge on any atom is 0.252 e. The molecule has 0 aliphatic carbocycles. The van der Waals surface area contributed by atoms with Gasteiger partial charge < -0.3 is 20.6 Å². The molecule has 0 saturated carbocycles. The first-order valence-corrected chi connectivity index (χ1v) is 4.97. The minimum atomic E-state index is -1.51. The molecule has 1 aromatic rings. The topological polar surface area (TPSA) is 89.8 Å². The molecule has 0 fully saturated rings. The van der Waals surface area contributed by atoms with Gasteiger partial charge >= 0.3 is 0 Å². The van der Waals surface area contributed by atoms with Gasteiger partial charge in [-0.1, -0.05) is 6.07 Å². The number of benzene rings is 1. The van der Waals surface area contributed by atoms with E-state index in [1.807, 2.05) is 0 Å². The monoisotopic (exact) mass is 243 g/mol. The Kier molecular flexibility index (Phi) is 4.56. The number of hydrogen-bond donors (Lipinski definition) is 4. The highest BCUT2D eigenvalue weighted by atomic mass is 19.1. The van der Waals surface area contributed by atoms with Crippen LogP contribution in [0.3, 0.4) is 0 Å². The first kappa shape index (κ1) is 13.6. The maximum absolute atomic E-state index is 12.9. The number of halogens is 1. The Morgan fingerprint density at radius 1 is 1.24 bits per heavy atom. The Bertz CT molecular complexity index is 385. The minimum Gasteiger partial charge on any atom is -0.394 e. The van der Waals surface area contributed by atoms with Crippen molar-refractivity contribution in [1.29, 1.82) is 0 Å². The second-order valence-corrected chi connectivity index (χ2v) is 3.72. The van der Waals surface area contributed by atoms with Crippen molar-refractivity contribution in [2.45, 2.75) is 5.54 Å². The quantitative estimate of drug-likeness (QED) is 0.549. The van der Waals surface area contributed by atoms with E-state index in [0.29, 0.717) is 0 Å². The van der Waals surface area contributed by atoms with Gasteiger partial charge in [-0.15, -0.1) is 0 Å². The summed E-state index contributed by atoms with van der Waals surface area (Å²) in [5, 5.41) is 29.3. The van der Waals surface area contributed by atoms with Crippen LogP contribution in [0.2, 0.25) is 0 Å². The van der Waals surface area contributed by atoms with Gasteiger partial charge in [0, 0.05) is 5.56 Å². The molecule has 6 heteroatoms. The van der Waals surface area contributed by atoms with Gasteiger partial charge in [-0.05, 0) is 18.2 Å². The second kappa shape index (κ2) is 5.72. The summed E-state index contributed by atoms with van der Waals surface area (Å²) in [5.74, 6) is -1.25. The number of carbonyl (C=O) groups is 1. The number of hydrogen-bond acceptors (Lipinski definition) is 4. The number of aliphatic hydroxyl groups excluding tert-OH is 3. The van der Waals surface area contributed by atoms with Crippen LogP contribution in [0, 0.1) is 5.82 Å². The summed E-state index contributed by atoms with van der Waals surface area (Å²) in [5.41, 5.74) is -1.46. The summed E-state index contributed by atoms with van der Waals surface area (Å²) >= 11 is 0. The van der Waals surface area contributed by atoms with Gasteiger partial charge in [-0.2, -0.15) is 0 Å². The molecule has 0 saturated heterocycles. The summed E-state index contributed by atoms with van der Waals surface area (Å²) in [6.07, 6.45) is 0. The fraction of sp³-hybridized carbons (Fsp3) is 0.364. The van der Waals surface area contributed by atoms with Crippen molar-refractivity contribution in [1.82, 2.24) is 5.32 Å². The average molecular weight is 243 g/mol. The lowest BCUT2D eigenvalue weighted by Gasteiger charge is -2.28. The molecule has 1 amide bonds. The molecule has 0 spiro atoms. The lowest BCUT2D eigenvalue weighted by molar-refractivity contribution is 0.0375.